The van der Waals surface area contributed by atoms with Crippen LogP contribution in [0.15, 0.2) is 58.4 Å². The lowest BCUT2D eigenvalue weighted by Gasteiger charge is -2.43. The molecule has 1 saturated heterocycles. The van der Waals surface area contributed by atoms with E-state index in [0.29, 0.717) is 33.5 Å². The van der Waals surface area contributed by atoms with E-state index in [9.17, 15) is 29.1 Å². The number of carboxylic acids is 1. The molecule has 2 aromatic carbocycles. The van der Waals surface area contributed by atoms with Crippen LogP contribution in [-0.2, 0) is 19.2 Å². The van der Waals surface area contributed by atoms with Gasteiger partial charge >= 0.3 is 10.8 Å². The lowest BCUT2D eigenvalue weighted by molar-refractivity contribution is -0.149. The number of thioether (sulfide) groups is 1. The maximum absolute atomic E-state index is 13.4. The number of thiazole rings is 1. The van der Waals surface area contributed by atoms with Crippen LogP contribution in [0, 0.1) is 29.6 Å². The second-order valence-electron chi connectivity index (χ2n) is 11.0. The molecule has 2 aliphatic heterocycles. The smallest absolute Gasteiger partial charge is 0.323 e. The minimum absolute atomic E-state index is 0.0891. The number of hydrogen-bond acceptors (Lipinski definition) is 8. The average molecular weight is 626 g/mol. The number of benzene rings is 2. The standard InChI is InChI=1S/C29H24ClN3O7S2/c30-12-6-7-17(40-11-18(34)31-13-4-2-1-3-5-13)14(8-12)20-21-15-9-16(24(21)41-26-25(20)42-29(39)32-26)23-22(15)27(37)33(28(23)38)10-19(35)36/h1-8,15-16,20-24H,9-11H2,(H,31,34)(H,32,39)(H,35,36)/t15?,16?,20-,21?,22?,23?,24?/m1/s1. The summed E-state index contributed by atoms with van der Waals surface area (Å²) in [5.41, 5.74) is 1.34. The van der Waals surface area contributed by atoms with Gasteiger partial charge in [0, 0.05) is 32.3 Å². The van der Waals surface area contributed by atoms with Crippen molar-refractivity contribution in [2.24, 2.45) is 29.6 Å². The van der Waals surface area contributed by atoms with Gasteiger partial charge in [0.2, 0.25) is 11.8 Å². The maximum Gasteiger partial charge on any atom is 0.323 e. The van der Waals surface area contributed by atoms with Gasteiger partial charge in [0.1, 0.15) is 12.3 Å². The molecule has 0 radical (unpaired) electrons. The first kappa shape index (κ1) is 27.2. The molecule has 3 heterocycles. The summed E-state index contributed by atoms with van der Waals surface area (Å²) in [6.07, 6.45) is 0.655. The predicted molar refractivity (Wildman–Crippen MR) is 155 cm³/mol. The SMILES string of the molecule is O=C(O)CN1C(=O)C2C3CC(C2C1=O)C1C3Sc2[nH]c(=O)sc2[C@@H]1c1cc(Cl)ccc1OCC(=O)Nc1ccccc1. The van der Waals surface area contributed by atoms with Crippen LogP contribution in [0.5, 0.6) is 5.75 Å². The molecule has 42 heavy (non-hydrogen) atoms. The van der Waals surface area contributed by atoms with Crippen LogP contribution in [0.4, 0.5) is 5.69 Å². The van der Waals surface area contributed by atoms with Crippen LogP contribution >= 0.6 is 34.7 Å². The van der Waals surface area contributed by atoms with Crippen LogP contribution in [0.2, 0.25) is 5.02 Å². The van der Waals surface area contributed by atoms with Crippen molar-refractivity contribution in [3.05, 3.63) is 73.7 Å². The number of amides is 3. The topological polar surface area (TPSA) is 146 Å². The Morgan fingerprint density at radius 3 is 2.55 bits per heavy atom. The molecule has 2 bridgehead atoms. The number of hydrogen-bond donors (Lipinski definition) is 3. The molecule has 13 heteroatoms. The number of fused-ring (bicyclic) bond motifs is 9. The predicted octanol–water partition coefficient (Wildman–Crippen LogP) is 3.67. The van der Waals surface area contributed by atoms with Gasteiger partial charge in [-0.25, -0.2) is 0 Å². The van der Waals surface area contributed by atoms with Gasteiger partial charge in [-0.05, 0) is 54.5 Å². The molecule has 3 amide bonds. The third kappa shape index (κ3) is 4.35. The van der Waals surface area contributed by atoms with Crippen LogP contribution < -0.4 is 14.9 Å². The Morgan fingerprint density at radius 1 is 1.07 bits per heavy atom. The molecular formula is C29H24ClN3O7S2. The molecule has 3 aromatic rings. The monoisotopic (exact) mass is 625 g/mol. The van der Waals surface area contributed by atoms with Crippen molar-refractivity contribution in [1.82, 2.24) is 9.88 Å². The first-order valence-corrected chi connectivity index (χ1v) is 15.5. The molecule has 4 aliphatic rings. The lowest BCUT2D eigenvalue weighted by atomic mass is 9.68. The van der Waals surface area contributed by atoms with E-state index in [-0.39, 0.29) is 46.3 Å². The third-order valence-corrected chi connectivity index (χ3v) is 11.7. The van der Waals surface area contributed by atoms with Crippen molar-refractivity contribution in [3.8, 4) is 5.75 Å². The van der Waals surface area contributed by atoms with Gasteiger partial charge < -0.3 is 20.1 Å². The Morgan fingerprint density at radius 2 is 1.81 bits per heavy atom. The summed E-state index contributed by atoms with van der Waals surface area (Å²) in [7, 11) is 0. The highest BCUT2D eigenvalue weighted by Crippen LogP contribution is 2.69. The van der Waals surface area contributed by atoms with Crippen molar-refractivity contribution in [1.29, 1.82) is 0 Å². The van der Waals surface area contributed by atoms with Crippen molar-refractivity contribution in [3.63, 3.8) is 0 Å². The second kappa shape index (κ2) is 10.3. The zero-order chi connectivity index (χ0) is 29.3. The number of aromatic amines is 1. The first-order chi connectivity index (χ1) is 20.2. The number of nitrogens with zero attached hydrogens (tertiary/aromatic N) is 1. The molecule has 10 nitrogen and oxygen atoms in total. The van der Waals surface area contributed by atoms with E-state index in [1.807, 2.05) is 18.2 Å². The lowest BCUT2D eigenvalue weighted by Crippen LogP contribution is -2.42. The van der Waals surface area contributed by atoms with Gasteiger partial charge in [-0.15, -0.1) is 11.8 Å². The van der Waals surface area contributed by atoms with E-state index in [2.05, 4.69) is 10.3 Å². The van der Waals surface area contributed by atoms with Crippen LogP contribution in [0.25, 0.3) is 0 Å². The number of ether oxygens (including phenoxy) is 1. The highest BCUT2D eigenvalue weighted by Gasteiger charge is 2.69. The summed E-state index contributed by atoms with van der Waals surface area (Å²) in [4.78, 5) is 67.8. The summed E-state index contributed by atoms with van der Waals surface area (Å²) in [6, 6.07) is 14.2. The summed E-state index contributed by atoms with van der Waals surface area (Å²) in [5.74, 6) is -4.04. The molecule has 0 spiro atoms. The number of rotatable bonds is 7. The molecule has 1 aromatic heterocycles. The molecule has 2 saturated carbocycles. The van der Waals surface area contributed by atoms with Gasteiger partial charge in [-0.1, -0.05) is 41.1 Å². The zero-order valence-electron chi connectivity index (χ0n) is 21.8. The fraction of sp³-hybridized carbons (Fsp3) is 0.345. The molecule has 3 N–H and O–H groups in total. The number of nitrogens with one attached hydrogen (secondary N) is 2. The van der Waals surface area contributed by atoms with Crippen LogP contribution in [-0.4, -0.2) is 57.1 Å². The Bertz CT molecular complexity index is 1690. The number of para-hydroxylation sites is 1. The quantitative estimate of drug-likeness (QED) is 0.337. The second-order valence-corrected chi connectivity index (χ2v) is 13.6. The Hall–Kier alpha value is -3.61. The summed E-state index contributed by atoms with van der Waals surface area (Å²) < 4.78 is 6.06. The third-order valence-electron chi connectivity index (χ3n) is 8.83. The average Bonchev–Trinajstić information content (AvgIpc) is 3.69. The highest BCUT2D eigenvalue weighted by molar-refractivity contribution is 8.00. The van der Waals surface area contributed by atoms with Crippen molar-refractivity contribution < 1.29 is 29.0 Å². The molecule has 7 rings (SSSR count). The molecule has 216 valence electrons. The number of halogens is 1. The summed E-state index contributed by atoms with van der Waals surface area (Å²) in [5, 5.41) is 13.2. The zero-order valence-corrected chi connectivity index (χ0v) is 24.2. The maximum atomic E-state index is 13.4. The van der Waals surface area contributed by atoms with Gasteiger partial charge in [0.05, 0.1) is 16.9 Å². The van der Waals surface area contributed by atoms with Crippen molar-refractivity contribution >= 4 is 64.1 Å². The Labute approximate surface area is 252 Å². The number of carbonyl (C=O) groups excluding carboxylic acids is 3. The largest absolute Gasteiger partial charge is 0.483 e. The minimum atomic E-state index is -1.23. The molecular weight excluding hydrogens is 602 g/mol. The molecule has 7 atom stereocenters. The number of anilines is 1. The number of H-pyrrole nitrogens is 1. The number of aliphatic carboxylic acids is 1. The van der Waals surface area contributed by atoms with E-state index in [1.54, 1.807) is 30.3 Å². The number of likely N-dealkylation sites (tertiary alicyclic amines) is 1. The van der Waals surface area contributed by atoms with E-state index in [1.165, 1.54) is 11.8 Å². The number of carbonyl (C=O) groups is 4. The summed E-state index contributed by atoms with van der Waals surface area (Å²) in [6.45, 7) is -0.906. The Balaban J connectivity index is 1.24. The van der Waals surface area contributed by atoms with Gasteiger partial charge in [-0.3, -0.25) is 28.9 Å². The van der Waals surface area contributed by atoms with Crippen LogP contribution in [0.3, 0.4) is 0 Å². The minimum Gasteiger partial charge on any atom is -0.483 e. The normalized spacial score (nSPS) is 28.8. The molecule has 6 unspecified atom stereocenters. The number of aromatic nitrogens is 1. The van der Waals surface area contributed by atoms with Gasteiger partial charge in [-0.2, -0.15) is 0 Å². The van der Waals surface area contributed by atoms with E-state index in [4.69, 9.17) is 16.3 Å². The van der Waals surface area contributed by atoms with Crippen LogP contribution in [0.1, 0.15) is 22.8 Å². The number of imide groups is 1. The van der Waals surface area contributed by atoms with Crippen molar-refractivity contribution in [2.75, 3.05) is 18.5 Å². The van der Waals surface area contributed by atoms with E-state index < -0.39 is 36.2 Å². The van der Waals surface area contributed by atoms with Gasteiger partial charge in [0.15, 0.2) is 6.61 Å². The molecule has 2 aliphatic carbocycles. The van der Waals surface area contributed by atoms with E-state index in [0.717, 1.165) is 21.1 Å². The van der Waals surface area contributed by atoms with Gasteiger partial charge in [0.25, 0.3) is 5.91 Å². The fourth-order valence-corrected chi connectivity index (χ4v) is 10.5. The number of carboxylic acid groups (broad SMARTS) is 1. The van der Waals surface area contributed by atoms with Crippen molar-refractivity contribution in [2.45, 2.75) is 22.6 Å². The highest BCUT2D eigenvalue weighted by atomic mass is 35.5. The Kier molecular flexibility index (Phi) is 6.67. The summed E-state index contributed by atoms with van der Waals surface area (Å²) >= 11 is 9.11. The van der Waals surface area contributed by atoms with E-state index >= 15 is 0 Å². The first-order valence-electron chi connectivity index (χ1n) is 13.4. The fourth-order valence-electron chi connectivity index (χ4n) is 7.47. The molecule has 3 fully saturated rings.